The molecule has 1 heteroatoms. The molecule has 30 heavy (non-hydrogen) atoms. The minimum atomic E-state index is 0.328. The maximum atomic E-state index is 2.51. The van der Waals surface area contributed by atoms with Crippen molar-refractivity contribution in [1.82, 2.24) is 0 Å². The van der Waals surface area contributed by atoms with Crippen molar-refractivity contribution in [2.45, 2.75) is 24.3 Å². The molecule has 4 aromatic rings. The first kappa shape index (κ1) is 18.7. The van der Waals surface area contributed by atoms with Gasteiger partial charge in [-0.05, 0) is 34.7 Å². The van der Waals surface area contributed by atoms with Crippen LogP contribution >= 0.6 is 0 Å². The highest BCUT2D eigenvalue weighted by molar-refractivity contribution is 5.63. The average molecular weight is 390 g/mol. The molecule has 0 spiro atoms. The summed E-state index contributed by atoms with van der Waals surface area (Å²) in [4.78, 5) is 2.51. The Bertz CT molecular complexity index is 1090. The van der Waals surface area contributed by atoms with E-state index in [1.807, 2.05) is 0 Å². The first-order valence-electron chi connectivity index (χ1n) is 10.8. The summed E-state index contributed by atoms with van der Waals surface area (Å²) >= 11 is 0. The smallest absolute Gasteiger partial charge is 0.0405 e. The van der Waals surface area contributed by atoms with Gasteiger partial charge in [0.05, 0.1) is 0 Å². The maximum absolute atomic E-state index is 2.51. The fourth-order valence-corrected chi connectivity index (χ4v) is 5.16. The molecule has 0 saturated heterocycles. The Labute approximate surface area is 179 Å². The highest BCUT2D eigenvalue weighted by Crippen LogP contribution is 2.50. The topological polar surface area (TPSA) is 3.24 Å². The van der Waals surface area contributed by atoms with Gasteiger partial charge in [-0.25, -0.2) is 0 Å². The van der Waals surface area contributed by atoms with Gasteiger partial charge in [0.25, 0.3) is 0 Å². The molecular weight excluding hydrogens is 362 g/mol. The molecule has 4 aromatic carbocycles. The standard InChI is InChI=1S/C29H27N/c1-30-26-20-12-11-19-25(26)28(23-15-7-3-8-16-23)29(24-17-9-4-10-18-24)27(30)21-22-13-5-2-6-14-22/h2-20,27-29H,21H2,1H3/t27-,28-,29-/m0/s1. The van der Waals surface area contributed by atoms with Crippen LogP contribution in [0.15, 0.2) is 115 Å². The van der Waals surface area contributed by atoms with Gasteiger partial charge in [0.2, 0.25) is 0 Å². The SMILES string of the molecule is CN1c2ccccc2[C@H](c2ccccc2)[C@@H](c2ccccc2)[C@@H]1Cc1ccccc1. The average Bonchev–Trinajstić information content (AvgIpc) is 2.82. The number of benzene rings is 4. The van der Waals surface area contributed by atoms with Gasteiger partial charge >= 0.3 is 0 Å². The van der Waals surface area contributed by atoms with Crippen molar-refractivity contribution in [3.8, 4) is 0 Å². The Morgan fingerprint density at radius 1 is 0.600 bits per heavy atom. The second-order valence-corrected chi connectivity index (χ2v) is 8.25. The van der Waals surface area contributed by atoms with Crippen molar-refractivity contribution >= 4 is 5.69 Å². The number of rotatable bonds is 4. The van der Waals surface area contributed by atoms with Gasteiger partial charge in [-0.2, -0.15) is 0 Å². The molecule has 1 heterocycles. The number of likely N-dealkylation sites (N-methyl/N-ethyl adjacent to an activating group) is 1. The predicted molar refractivity (Wildman–Crippen MR) is 126 cm³/mol. The molecule has 0 aliphatic carbocycles. The third kappa shape index (κ3) is 3.41. The second kappa shape index (κ2) is 8.20. The zero-order valence-corrected chi connectivity index (χ0v) is 17.4. The predicted octanol–water partition coefficient (Wildman–Crippen LogP) is 6.66. The summed E-state index contributed by atoms with van der Waals surface area (Å²) < 4.78 is 0. The lowest BCUT2D eigenvalue weighted by Crippen LogP contribution is -2.45. The first-order chi connectivity index (χ1) is 14.8. The molecule has 0 radical (unpaired) electrons. The van der Waals surface area contributed by atoms with E-state index in [2.05, 4.69) is 127 Å². The van der Waals surface area contributed by atoms with Gasteiger partial charge in [-0.3, -0.25) is 0 Å². The van der Waals surface area contributed by atoms with Gasteiger partial charge in [0.15, 0.2) is 0 Å². The lowest BCUT2D eigenvalue weighted by atomic mass is 9.69. The third-order valence-electron chi connectivity index (χ3n) is 6.55. The van der Waals surface area contributed by atoms with E-state index < -0.39 is 0 Å². The van der Waals surface area contributed by atoms with Crippen LogP contribution in [0.4, 0.5) is 5.69 Å². The molecule has 3 atom stereocenters. The first-order valence-corrected chi connectivity index (χ1v) is 10.8. The minimum Gasteiger partial charge on any atom is -0.370 e. The van der Waals surface area contributed by atoms with E-state index in [1.54, 1.807) is 0 Å². The van der Waals surface area contributed by atoms with E-state index in [4.69, 9.17) is 0 Å². The second-order valence-electron chi connectivity index (χ2n) is 8.25. The number of nitrogens with zero attached hydrogens (tertiary/aromatic N) is 1. The molecular formula is C29H27N. The van der Waals surface area contributed by atoms with Crippen LogP contribution in [0, 0.1) is 0 Å². The molecule has 1 aliphatic rings. The molecule has 5 rings (SSSR count). The van der Waals surface area contributed by atoms with Crippen molar-refractivity contribution < 1.29 is 0 Å². The van der Waals surface area contributed by atoms with Crippen molar-refractivity contribution in [3.05, 3.63) is 138 Å². The Morgan fingerprint density at radius 3 is 1.80 bits per heavy atom. The Morgan fingerprint density at radius 2 is 1.13 bits per heavy atom. The van der Waals surface area contributed by atoms with Gasteiger partial charge in [-0.1, -0.05) is 109 Å². The molecule has 0 saturated carbocycles. The van der Waals surface area contributed by atoms with E-state index >= 15 is 0 Å². The highest BCUT2D eigenvalue weighted by atomic mass is 15.2. The van der Waals surface area contributed by atoms with Gasteiger partial charge in [-0.15, -0.1) is 0 Å². The van der Waals surface area contributed by atoms with Crippen LogP contribution in [0.1, 0.15) is 34.1 Å². The zero-order chi connectivity index (χ0) is 20.3. The normalized spacial score (nSPS) is 20.6. The van der Waals surface area contributed by atoms with Crippen molar-refractivity contribution in [3.63, 3.8) is 0 Å². The Hall–Kier alpha value is -3.32. The van der Waals surface area contributed by atoms with Crippen molar-refractivity contribution in [2.24, 2.45) is 0 Å². The summed E-state index contributed by atoms with van der Waals surface area (Å²) in [6.07, 6.45) is 1.02. The van der Waals surface area contributed by atoms with E-state index in [9.17, 15) is 0 Å². The summed E-state index contributed by atoms with van der Waals surface area (Å²) in [5.41, 5.74) is 6.96. The molecule has 0 amide bonds. The lowest BCUT2D eigenvalue weighted by molar-refractivity contribution is 0.443. The summed E-state index contributed by atoms with van der Waals surface area (Å²) in [6, 6.07) is 42.4. The summed E-state index contributed by atoms with van der Waals surface area (Å²) in [7, 11) is 2.27. The molecule has 1 nitrogen and oxygen atoms in total. The highest BCUT2D eigenvalue weighted by Gasteiger charge is 2.41. The summed E-state index contributed by atoms with van der Waals surface area (Å²) in [5, 5.41) is 0. The number of hydrogen-bond donors (Lipinski definition) is 0. The van der Waals surface area contributed by atoms with Gasteiger partial charge in [0.1, 0.15) is 0 Å². The third-order valence-corrected chi connectivity index (χ3v) is 6.55. The molecule has 0 aromatic heterocycles. The molecule has 0 bridgehead atoms. The number of anilines is 1. The van der Waals surface area contributed by atoms with Crippen molar-refractivity contribution in [1.29, 1.82) is 0 Å². The van der Waals surface area contributed by atoms with E-state index in [0.29, 0.717) is 17.9 Å². The molecule has 0 fully saturated rings. The summed E-state index contributed by atoms with van der Waals surface area (Å²) in [5.74, 6) is 0.698. The largest absolute Gasteiger partial charge is 0.370 e. The van der Waals surface area contributed by atoms with Crippen LogP contribution in [0.3, 0.4) is 0 Å². The Balaban J connectivity index is 1.71. The van der Waals surface area contributed by atoms with Gasteiger partial charge in [0, 0.05) is 30.6 Å². The summed E-state index contributed by atoms with van der Waals surface area (Å²) in [6.45, 7) is 0. The number of hydrogen-bond acceptors (Lipinski definition) is 1. The van der Waals surface area contributed by atoms with E-state index in [1.165, 1.54) is 27.9 Å². The van der Waals surface area contributed by atoms with Gasteiger partial charge < -0.3 is 4.90 Å². The van der Waals surface area contributed by atoms with Crippen LogP contribution in [0.5, 0.6) is 0 Å². The quantitative estimate of drug-likeness (QED) is 0.377. The van der Waals surface area contributed by atoms with E-state index in [-0.39, 0.29) is 0 Å². The fraction of sp³-hybridized carbons (Fsp3) is 0.172. The van der Waals surface area contributed by atoms with Crippen LogP contribution in [-0.4, -0.2) is 13.1 Å². The molecule has 1 aliphatic heterocycles. The lowest BCUT2D eigenvalue weighted by Gasteiger charge is -2.47. The van der Waals surface area contributed by atoms with Crippen LogP contribution in [0.2, 0.25) is 0 Å². The van der Waals surface area contributed by atoms with Crippen molar-refractivity contribution in [2.75, 3.05) is 11.9 Å². The maximum Gasteiger partial charge on any atom is 0.0405 e. The minimum absolute atomic E-state index is 0.328. The number of para-hydroxylation sites is 1. The number of fused-ring (bicyclic) bond motifs is 1. The molecule has 0 N–H and O–H groups in total. The molecule has 0 unspecified atom stereocenters. The van der Waals surface area contributed by atoms with Crippen LogP contribution in [0.25, 0.3) is 0 Å². The Kier molecular flexibility index (Phi) is 5.11. The fourth-order valence-electron chi connectivity index (χ4n) is 5.16. The van der Waals surface area contributed by atoms with E-state index in [0.717, 1.165) is 6.42 Å². The monoisotopic (exact) mass is 389 g/mol. The molecule has 148 valence electrons. The van der Waals surface area contributed by atoms with Crippen LogP contribution < -0.4 is 4.90 Å². The van der Waals surface area contributed by atoms with Crippen LogP contribution in [-0.2, 0) is 6.42 Å². The zero-order valence-electron chi connectivity index (χ0n) is 17.4.